The minimum atomic E-state index is -0.379. The number of fused-ring (bicyclic) bond motifs is 2. The van der Waals surface area contributed by atoms with Crippen LogP contribution in [0.25, 0.3) is 0 Å². The molecule has 0 aliphatic carbocycles. The van der Waals surface area contributed by atoms with Crippen LogP contribution in [0.15, 0.2) is 12.2 Å². The first-order chi connectivity index (χ1) is 7.05. The van der Waals surface area contributed by atoms with E-state index in [-0.39, 0.29) is 23.8 Å². The van der Waals surface area contributed by atoms with Gasteiger partial charge in [0.15, 0.2) is 0 Å². The Hall–Kier alpha value is -0.830. The molecule has 84 valence electrons. The number of esters is 1. The van der Waals surface area contributed by atoms with Gasteiger partial charge < -0.3 is 9.47 Å². The van der Waals surface area contributed by atoms with Crippen LogP contribution in [-0.4, -0.2) is 23.8 Å². The van der Waals surface area contributed by atoms with Crippen LogP contribution in [0.3, 0.4) is 0 Å². The summed E-state index contributed by atoms with van der Waals surface area (Å²) in [6, 6.07) is 0. The quantitative estimate of drug-likeness (QED) is 0.528. The van der Waals surface area contributed by atoms with Gasteiger partial charge in [-0.15, -0.1) is 0 Å². The predicted octanol–water partition coefficient (Wildman–Crippen LogP) is 2.06. The van der Waals surface area contributed by atoms with Crippen molar-refractivity contribution in [3.8, 4) is 0 Å². The molecule has 1 saturated heterocycles. The van der Waals surface area contributed by atoms with Crippen LogP contribution in [0.4, 0.5) is 0 Å². The van der Waals surface area contributed by atoms with E-state index < -0.39 is 0 Å². The number of hydrogen-bond donors (Lipinski definition) is 0. The van der Waals surface area contributed by atoms with E-state index in [9.17, 15) is 4.79 Å². The van der Waals surface area contributed by atoms with Gasteiger partial charge in [0.25, 0.3) is 0 Å². The van der Waals surface area contributed by atoms with Gasteiger partial charge in [-0.05, 0) is 19.8 Å². The fraction of sp³-hybridized carbons (Fsp3) is 0.750. The lowest BCUT2D eigenvalue weighted by molar-refractivity contribution is -0.163. The van der Waals surface area contributed by atoms with E-state index in [1.807, 2.05) is 6.92 Å². The molecule has 0 aromatic carbocycles. The maximum atomic E-state index is 11.1. The van der Waals surface area contributed by atoms with Gasteiger partial charge in [0.2, 0.25) is 0 Å². The largest absolute Gasteiger partial charge is 0.459 e. The fourth-order valence-electron chi connectivity index (χ4n) is 2.61. The van der Waals surface area contributed by atoms with Gasteiger partial charge in [-0.3, -0.25) is 4.79 Å². The van der Waals surface area contributed by atoms with E-state index in [1.54, 1.807) is 0 Å². The summed E-state index contributed by atoms with van der Waals surface area (Å²) in [5.41, 5.74) is -0.379. The van der Waals surface area contributed by atoms with Crippen molar-refractivity contribution in [2.24, 2.45) is 5.92 Å². The van der Waals surface area contributed by atoms with Crippen molar-refractivity contribution in [2.45, 2.75) is 51.4 Å². The number of ether oxygens (including phenoxy) is 2. The van der Waals surface area contributed by atoms with Gasteiger partial charge in [-0.25, -0.2) is 0 Å². The van der Waals surface area contributed by atoms with Crippen LogP contribution in [0.1, 0.15) is 33.6 Å². The summed E-state index contributed by atoms with van der Waals surface area (Å²) in [5, 5.41) is 0. The average Bonchev–Trinajstić information content (AvgIpc) is 2.77. The van der Waals surface area contributed by atoms with Crippen LogP contribution in [0.5, 0.6) is 0 Å². The Bertz CT molecular complexity index is 297. The van der Waals surface area contributed by atoms with Crippen LogP contribution < -0.4 is 0 Å². The number of rotatable bonds is 3. The summed E-state index contributed by atoms with van der Waals surface area (Å²) in [7, 11) is 0. The first-order valence-corrected chi connectivity index (χ1v) is 5.58. The molecule has 2 bridgehead atoms. The van der Waals surface area contributed by atoms with Crippen LogP contribution >= 0.6 is 0 Å². The molecule has 2 aliphatic heterocycles. The van der Waals surface area contributed by atoms with E-state index in [2.05, 4.69) is 19.1 Å². The lowest BCUT2D eigenvalue weighted by Gasteiger charge is -2.36. The van der Waals surface area contributed by atoms with E-state index >= 15 is 0 Å². The summed E-state index contributed by atoms with van der Waals surface area (Å²) in [6.07, 6.45) is 6.37. The monoisotopic (exact) mass is 210 g/mol. The highest BCUT2D eigenvalue weighted by Crippen LogP contribution is 2.43. The van der Waals surface area contributed by atoms with E-state index in [1.165, 1.54) is 6.92 Å². The van der Waals surface area contributed by atoms with Gasteiger partial charge >= 0.3 is 5.97 Å². The molecule has 0 spiro atoms. The smallest absolute Gasteiger partial charge is 0.303 e. The molecule has 0 aromatic heterocycles. The van der Waals surface area contributed by atoms with Gasteiger partial charge in [-0.1, -0.05) is 19.1 Å². The molecule has 3 heteroatoms. The molecule has 0 amide bonds. The van der Waals surface area contributed by atoms with Crippen LogP contribution in [-0.2, 0) is 14.3 Å². The maximum absolute atomic E-state index is 11.1. The maximum Gasteiger partial charge on any atom is 0.303 e. The van der Waals surface area contributed by atoms with Crippen molar-refractivity contribution in [1.29, 1.82) is 0 Å². The zero-order valence-corrected chi connectivity index (χ0v) is 9.53. The zero-order chi connectivity index (χ0) is 11.1. The molecular weight excluding hydrogens is 192 g/mol. The molecule has 3 nitrogen and oxygen atoms in total. The fourth-order valence-corrected chi connectivity index (χ4v) is 2.61. The highest BCUT2D eigenvalue weighted by molar-refractivity contribution is 5.66. The summed E-state index contributed by atoms with van der Waals surface area (Å²) < 4.78 is 11.2. The average molecular weight is 210 g/mol. The predicted molar refractivity (Wildman–Crippen MR) is 56.4 cm³/mol. The van der Waals surface area contributed by atoms with Gasteiger partial charge in [0.05, 0.1) is 12.2 Å². The lowest BCUT2D eigenvalue weighted by atomic mass is 9.78. The SMILES string of the molecule is CCC(C)(OC(C)=O)C1CC2C=CC1O2. The molecule has 0 N–H and O–H groups in total. The summed E-state index contributed by atoms with van der Waals surface area (Å²) >= 11 is 0. The van der Waals surface area contributed by atoms with Crippen LogP contribution in [0.2, 0.25) is 0 Å². The van der Waals surface area contributed by atoms with Crippen molar-refractivity contribution in [3.63, 3.8) is 0 Å². The zero-order valence-electron chi connectivity index (χ0n) is 9.53. The Morgan fingerprint density at radius 2 is 2.33 bits per heavy atom. The first-order valence-electron chi connectivity index (χ1n) is 5.58. The van der Waals surface area contributed by atoms with Gasteiger partial charge in [-0.2, -0.15) is 0 Å². The lowest BCUT2D eigenvalue weighted by Crippen LogP contribution is -2.42. The summed E-state index contributed by atoms with van der Waals surface area (Å²) in [5.74, 6) is 0.104. The highest BCUT2D eigenvalue weighted by atomic mass is 16.6. The molecule has 2 aliphatic rings. The third-order valence-electron chi connectivity index (χ3n) is 3.59. The number of carbonyl (C=O) groups is 1. The Morgan fingerprint density at radius 3 is 2.73 bits per heavy atom. The third kappa shape index (κ3) is 1.81. The Balaban J connectivity index is 2.13. The first kappa shape index (κ1) is 10.7. The standard InChI is InChI=1S/C12H18O3/c1-4-12(3,15-8(2)13)10-7-9-5-6-11(10)14-9/h5-6,9-11H,4,7H2,1-3H3. The van der Waals surface area contributed by atoms with E-state index in [0.717, 1.165) is 12.8 Å². The normalized spacial score (nSPS) is 36.6. The second-order valence-electron chi connectivity index (χ2n) is 4.63. The Kier molecular flexibility index (Phi) is 2.59. The molecule has 2 rings (SSSR count). The molecule has 4 unspecified atom stereocenters. The molecule has 0 radical (unpaired) electrons. The molecule has 4 atom stereocenters. The van der Waals surface area contributed by atoms with Gasteiger partial charge in [0.1, 0.15) is 5.60 Å². The van der Waals surface area contributed by atoms with Gasteiger partial charge in [0, 0.05) is 12.8 Å². The molecule has 0 aromatic rings. The molecular formula is C12H18O3. The topological polar surface area (TPSA) is 35.5 Å². The highest BCUT2D eigenvalue weighted by Gasteiger charge is 2.48. The molecule has 1 fully saturated rings. The minimum absolute atomic E-state index is 0.138. The van der Waals surface area contributed by atoms with E-state index in [4.69, 9.17) is 9.47 Å². The Morgan fingerprint density at radius 1 is 1.60 bits per heavy atom. The molecule has 0 saturated carbocycles. The van der Waals surface area contributed by atoms with Crippen molar-refractivity contribution in [1.82, 2.24) is 0 Å². The summed E-state index contributed by atoms with van der Waals surface area (Å²) in [4.78, 5) is 11.1. The van der Waals surface area contributed by atoms with Crippen molar-refractivity contribution < 1.29 is 14.3 Å². The molecule has 2 heterocycles. The second-order valence-corrected chi connectivity index (χ2v) is 4.63. The van der Waals surface area contributed by atoms with Crippen LogP contribution in [0, 0.1) is 5.92 Å². The second kappa shape index (κ2) is 3.63. The van der Waals surface area contributed by atoms with Crippen molar-refractivity contribution in [3.05, 3.63) is 12.2 Å². The third-order valence-corrected chi connectivity index (χ3v) is 3.59. The Labute approximate surface area is 90.4 Å². The van der Waals surface area contributed by atoms with Crippen molar-refractivity contribution in [2.75, 3.05) is 0 Å². The molecule has 15 heavy (non-hydrogen) atoms. The summed E-state index contributed by atoms with van der Waals surface area (Å²) in [6.45, 7) is 5.54. The van der Waals surface area contributed by atoms with Crippen molar-refractivity contribution >= 4 is 5.97 Å². The number of carbonyl (C=O) groups excluding carboxylic acids is 1. The minimum Gasteiger partial charge on any atom is -0.459 e. The van der Waals surface area contributed by atoms with E-state index in [0.29, 0.717) is 5.92 Å². The number of hydrogen-bond acceptors (Lipinski definition) is 3.